The summed E-state index contributed by atoms with van der Waals surface area (Å²) in [4.78, 5) is 43.8. The van der Waals surface area contributed by atoms with Crippen molar-refractivity contribution in [1.82, 2.24) is 10.2 Å². The molecule has 1 spiro atoms. The van der Waals surface area contributed by atoms with E-state index in [0.29, 0.717) is 0 Å². The number of fused-ring (bicyclic) bond motifs is 1. The van der Waals surface area contributed by atoms with Gasteiger partial charge in [0.1, 0.15) is 24.1 Å². The third kappa shape index (κ3) is 5.01. The normalized spacial score (nSPS) is 23.2. The minimum Gasteiger partial charge on any atom is -0.459 e. The summed E-state index contributed by atoms with van der Waals surface area (Å²) in [6, 6.07) is 28.0. The SMILES string of the molecule is O=C(Cc1ccccc1)NC1C(=O)N2C(C(=O)OCc3ccccc3)C3(CCN(c4ccccc4)CC3)S[C@@H]12. The third-order valence-corrected chi connectivity index (χ3v) is 9.76. The van der Waals surface area contributed by atoms with Crippen molar-refractivity contribution < 1.29 is 19.1 Å². The molecule has 0 aromatic heterocycles. The van der Waals surface area contributed by atoms with Crippen molar-refractivity contribution in [2.75, 3.05) is 18.0 Å². The smallest absolute Gasteiger partial charge is 0.330 e. The minimum absolute atomic E-state index is 0.164. The number of carbonyl (C=O) groups excluding carboxylic acids is 3. The van der Waals surface area contributed by atoms with Crippen molar-refractivity contribution in [3.05, 3.63) is 102 Å². The number of hydrogen-bond acceptors (Lipinski definition) is 6. The lowest BCUT2D eigenvalue weighted by Gasteiger charge is -2.45. The zero-order valence-corrected chi connectivity index (χ0v) is 22.4. The van der Waals surface area contributed by atoms with Crippen LogP contribution in [0, 0.1) is 0 Å². The number of β-lactam (4-membered cyclic amide) rings is 1. The van der Waals surface area contributed by atoms with Crippen LogP contribution in [-0.2, 0) is 32.1 Å². The number of ether oxygens (including phenoxy) is 1. The first kappa shape index (κ1) is 25.5. The van der Waals surface area contributed by atoms with Crippen molar-refractivity contribution in [2.45, 2.75) is 48.1 Å². The quantitative estimate of drug-likeness (QED) is 0.362. The van der Waals surface area contributed by atoms with Crippen LogP contribution in [0.25, 0.3) is 0 Å². The van der Waals surface area contributed by atoms with Gasteiger partial charge in [0.15, 0.2) is 0 Å². The molecule has 3 fully saturated rings. The van der Waals surface area contributed by atoms with Gasteiger partial charge >= 0.3 is 5.97 Å². The fourth-order valence-electron chi connectivity index (χ4n) is 5.89. The Morgan fingerprint density at radius 3 is 2.10 bits per heavy atom. The van der Waals surface area contributed by atoms with Crippen molar-refractivity contribution in [2.24, 2.45) is 0 Å². The summed E-state index contributed by atoms with van der Waals surface area (Å²) >= 11 is 1.66. The minimum atomic E-state index is -0.677. The van der Waals surface area contributed by atoms with Crippen LogP contribution in [0.15, 0.2) is 91.0 Å². The number of amides is 2. The average Bonchev–Trinajstić information content (AvgIpc) is 3.27. The van der Waals surface area contributed by atoms with E-state index in [1.807, 2.05) is 78.9 Å². The van der Waals surface area contributed by atoms with E-state index < -0.39 is 16.8 Å². The van der Waals surface area contributed by atoms with Crippen LogP contribution in [0.3, 0.4) is 0 Å². The number of piperidine rings is 1. The van der Waals surface area contributed by atoms with E-state index in [4.69, 9.17) is 4.74 Å². The summed E-state index contributed by atoms with van der Waals surface area (Å²) in [5.41, 5.74) is 2.95. The Kier molecular flexibility index (Phi) is 7.04. The molecule has 0 saturated carbocycles. The molecule has 3 heterocycles. The van der Waals surface area contributed by atoms with Crippen LogP contribution in [0.4, 0.5) is 5.69 Å². The van der Waals surface area contributed by atoms with Crippen molar-refractivity contribution >= 4 is 35.2 Å². The summed E-state index contributed by atoms with van der Waals surface area (Å²) in [6.07, 6.45) is 1.69. The molecule has 3 saturated heterocycles. The molecule has 39 heavy (non-hydrogen) atoms. The fraction of sp³-hybridized carbons (Fsp3) is 0.323. The van der Waals surface area contributed by atoms with Gasteiger partial charge in [-0.3, -0.25) is 9.59 Å². The van der Waals surface area contributed by atoms with E-state index in [2.05, 4.69) is 22.3 Å². The summed E-state index contributed by atoms with van der Waals surface area (Å²) in [5, 5.41) is 2.66. The number of anilines is 1. The van der Waals surface area contributed by atoms with E-state index >= 15 is 0 Å². The van der Waals surface area contributed by atoms with E-state index in [1.165, 1.54) is 0 Å². The molecule has 3 aromatic carbocycles. The number of thioether (sulfide) groups is 1. The molecular weight excluding hydrogens is 510 g/mol. The first-order valence-corrected chi connectivity index (χ1v) is 14.3. The van der Waals surface area contributed by atoms with Crippen LogP contribution in [0.1, 0.15) is 24.0 Å². The largest absolute Gasteiger partial charge is 0.459 e. The van der Waals surface area contributed by atoms with Gasteiger partial charge in [-0.1, -0.05) is 78.9 Å². The molecule has 3 aromatic rings. The summed E-state index contributed by atoms with van der Waals surface area (Å²) < 4.78 is 5.34. The number of esters is 1. The Morgan fingerprint density at radius 2 is 1.46 bits per heavy atom. The Morgan fingerprint density at radius 1 is 0.872 bits per heavy atom. The maximum absolute atomic E-state index is 13.6. The Bertz CT molecular complexity index is 1330. The van der Waals surface area contributed by atoms with E-state index in [9.17, 15) is 14.4 Å². The zero-order chi connectivity index (χ0) is 26.8. The predicted octanol–water partition coefficient (Wildman–Crippen LogP) is 3.78. The molecule has 3 aliphatic heterocycles. The molecule has 2 amide bonds. The molecule has 2 unspecified atom stereocenters. The maximum atomic E-state index is 13.6. The van der Waals surface area contributed by atoms with Gasteiger partial charge in [-0.2, -0.15) is 0 Å². The lowest BCUT2D eigenvalue weighted by atomic mass is 9.85. The first-order chi connectivity index (χ1) is 19.0. The number of para-hydroxylation sites is 1. The standard InChI is InChI=1S/C31H31N3O4S/c35-25(20-22-10-4-1-5-11-22)32-26-28(36)34-27(30(37)38-21-23-12-6-2-7-13-23)31(39-29(26)34)16-18-33(19-17-31)24-14-8-3-9-15-24/h1-15,26-27,29H,16-21H2,(H,32,35)/t26?,27?,29-/m0/s1. The van der Waals surface area contributed by atoms with E-state index in [-0.39, 0.29) is 36.2 Å². The number of nitrogens with zero attached hydrogens (tertiary/aromatic N) is 2. The molecule has 3 aliphatic rings. The van der Waals surface area contributed by atoms with Crippen LogP contribution in [0.5, 0.6) is 0 Å². The van der Waals surface area contributed by atoms with Crippen LogP contribution in [-0.4, -0.2) is 58.0 Å². The Balaban J connectivity index is 1.19. The van der Waals surface area contributed by atoms with Gasteiger partial charge in [0.05, 0.1) is 11.2 Å². The fourth-order valence-corrected chi connectivity index (χ4v) is 7.79. The third-order valence-electron chi connectivity index (χ3n) is 7.91. The molecule has 0 radical (unpaired) electrons. The number of nitrogens with one attached hydrogen (secondary N) is 1. The van der Waals surface area contributed by atoms with Crippen molar-refractivity contribution in [3.8, 4) is 0 Å². The van der Waals surface area contributed by atoms with Crippen LogP contribution < -0.4 is 10.2 Å². The molecule has 7 nitrogen and oxygen atoms in total. The van der Waals surface area contributed by atoms with Gasteiger partial charge in [-0.05, 0) is 36.1 Å². The van der Waals surface area contributed by atoms with E-state index in [0.717, 1.165) is 42.7 Å². The summed E-state index contributed by atoms with van der Waals surface area (Å²) in [6.45, 7) is 1.72. The van der Waals surface area contributed by atoms with Gasteiger partial charge in [-0.25, -0.2) is 4.79 Å². The topological polar surface area (TPSA) is 79.0 Å². The van der Waals surface area contributed by atoms with Crippen LogP contribution >= 0.6 is 11.8 Å². The lowest BCUT2D eigenvalue weighted by molar-refractivity contribution is -0.165. The molecule has 200 valence electrons. The monoisotopic (exact) mass is 541 g/mol. The highest BCUT2D eigenvalue weighted by atomic mass is 32.2. The first-order valence-electron chi connectivity index (χ1n) is 13.4. The molecule has 8 heteroatoms. The second kappa shape index (κ2) is 10.8. The Labute approximate surface area is 232 Å². The van der Waals surface area contributed by atoms with Gasteiger partial charge in [0, 0.05) is 18.8 Å². The number of rotatable bonds is 7. The number of benzene rings is 3. The second-order valence-electron chi connectivity index (χ2n) is 10.3. The van der Waals surface area contributed by atoms with Crippen LogP contribution in [0.2, 0.25) is 0 Å². The number of carbonyl (C=O) groups is 3. The summed E-state index contributed by atoms with van der Waals surface area (Å²) in [5.74, 6) is -0.773. The molecule has 1 N–H and O–H groups in total. The molecule has 0 aliphatic carbocycles. The molecule has 0 bridgehead atoms. The van der Waals surface area contributed by atoms with Gasteiger partial charge in [-0.15, -0.1) is 11.8 Å². The highest BCUT2D eigenvalue weighted by Gasteiger charge is 2.67. The number of hydrogen-bond donors (Lipinski definition) is 1. The van der Waals surface area contributed by atoms with Gasteiger partial charge in [0.2, 0.25) is 11.8 Å². The van der Waals surface area contributed by atoms with Crippen molar-refractivity contribution in [3.63, 3.8) is 0 Å². The molecule has 6 rings (SSSR count). The summed E-state index contributed by atoms with van der Waals surface area (Å²) in [7, 11) is 0. The second-order valence-corrected chi connectivity index (χ2v) is 11.9. The van der Waals surface area contributed by atoms with Crippen molar-refractivity contribution in [1.29, 1.82) is 0 Å². The molecule has 3 atom stereocenters. The lowest BCUT2D eigenvalue weighted by Crippen LogP contribution is -2.71. The van der Waals surface area contributed by atoms with Gasteiger partial charge < -0.3 is 19.9 Å². The average molecular weight is 542 g/mol. The maximum Gasteiger partial charge on any atom is 0.330 e. The highest BCUT2D eigenvalue weighted by molar-refractivity contribution is 8.01. The Hall–Kier alpha value is -3.78. The zero-order valence-electron chi connectivity index (χ0n) is 21.6. The molecular formula is C31H31N3O4S. The highest BCUT2D eigenvalue weighted by Crippen LogP contribution is 2.56. The van der Waals surface area contributed by atoms with E-state index in [1.54, 1.807) is 16.7 Å². The van der Waals surface area contributed by atoms with Gasteiger partial charge in [0.25, 0.3) is 0 Å². The predicted molar refractivity (Wildman–Crippen MR) is 151 cm³/mol.